The van der Waals surface area contributed by atoms with Crippen molar-refractivity contribution in [2.45, 2.75) is 6.17 Å². The molecule has 0 bridgehead atoms. The van der Waals surface area contributed by atoms with Crippen molar-refractivity contribution in [2.24, 2.45) is 9.98 Å². The lowest BCUT2D eigenvalue weighted by Gasteiger charge is -2.32. The molecular formula is C10H12N4O2. The summed E-state index contributed by atoms with van der Waals surface area (Å²) < 4.78 is 5.25. The van der Waals surface area contributed by atoms with Crippen LogP contribution in [0.3, 0.4) is 0 Å². The van der Waals surface area contributed by atoms with E-state index in [2.05, 4.69) is 15.3 Å². The molecule has 1 atom stereocenters. The molecule has 0 saturated carbocycles. The molecule has 6 heteroatoms. The van der Waals surface area contributed by atoms with Gasteiger partial charge < -0.3 is 9.64 Å². The van der Waals surface area contributed by atoms with E-state index in [0.29, 0.717) is 24.7 Å². The molecule has 0 radical (unpaired) electrons. The smallest absolute Gasteiger partial charge is 0.258 e. The zero-order valence-electron chi connectivity index (χ0n) is 8.72. The fourth-order valence-electron chi connectivity index (χ4n) is 1.92. The molecular weight excluding hydrogens is 208 g/mol. The second kappa shape index (κ2) is 3.71. The molecule has 3 heterocycles. The Kier molecular flexibility index (Phi) is 2.21. The molecule has 0 aromatic rings. The number of fused-ring (bicyclic) bond motifs is 1. The van der Waals surface area contributed by atoms with E-state index in [9.17, 15) is 4.79 Å². The van der Waals surface area contributed by atoms with Gasteiger partial charge in [-0.1, -0.05) is 0 Å². The van der Waals surface area contributed by atoms with Crippen LogP contribution in [-0.4, -0.2) is 55.5 Å². The summed E-state index contributed by atoms with van der Waals surface area (Å²) in [6.45, 7) is 2.86. The molecule has 6 nitrogen and oxygen atoms in total. The van der Waals surface area contributed by atoms with Crippen LogP contribution in [0.5, 0.6) is 0 Å². The number of guanidine groups is 1. The zero-order chi connectivity index (χ0) is 11.0. The summed E-state index contributed by atoms with van der Waals surface area (Å²) in [5, 5.41) is 2.79. The molecule has 1 amide bonds. The number of aliphatic imine (C=N–C) groups is 2. The third-order valence-corrected chi connectivity index (χ3v) is 2.80. The van der Waals surface area contributed by atoms with Crippen LogP contribution >= 0.6 is 0 Å². The van der Waals surface area contributed by atoms with Crippen molar-refractivity contribution in [1.82, 2.24) is 10.2 Å². The quantitative estimate of drug-likeness (QED) is 0.577. The van der Waals surface area contributed by atoms with Crippen molar-refractivity contribution in [3.63, 3.8) is 0 Å². The summed E-state index contributed by atoms with van der Waals surface area (Å²) in [6, 6.07) is 0. The highest BCUT2D eigenvalue weighted by Gasteiger charge is 2.30. The van der Waals surface area contributed by atoms with Crippen LogP contribution in [-0.2, 0) is 9.53 Å². The first-order valence-corrected chi connectivity index (χ1v) is 5.30. The molecule has 3 aliphatic rings. The molecule has 0 aromatic carbocycles. The van der Waals surface area contributed by atoms with Crippen molar-refractivity contribution in [3.8, 4) is 0 Å². The minimum atomic E-state index is -0.341. The van der Waals surface area contributed by atoms with E-state index in [4.69, 9.17) is 4.74 Å². The lowest BCUT2D eigenvalue weighted by Crippen LogP contribution is -2.52. The van der Waals surface area contributed by atoms with Crippen molar-refractivity contribution in [1.29, 1.82) is 0 Å². The van der Waals surface area contributed by atoms with Crippen LogP contribution in [0.2, 0.25) is 0 Å². The lowest BCUT2D eigenvalue weighted by molar-refractivity contribution is -0.116. The minimum absolute atomic E-state index is 0.0982. The number of allylic oxidation sites excluding steroid dienone is 1. The summed E-state index contributed by atoms with van der Waals surface area (Å²) >= 11 is 0. The first-order valence-electron chi connectivity index (χ1n) is 5.30. The summed E-state index contributed by atoms with van der Waals surface area (Å²) in [5.41, 5.74) is 0.622. The Morgan fingerprint density at radius 3 is 3.06 bits per heavy atom. The van der Waals surface area contributed by atoms with E-state index in [-0.39, 0.29) is 12.1 Å². The normalized spacial score (nSPS) is 28.4. The summed E-state index contributed by atoms with van der Waals surface area (Å²) in [5.74, 6) is 0.522. The maximum absolute atomic E-state index is 11.7. The Bertz CT molecular complexity index is 407. The molecule has 1 saturated heterocycles. The minimum Gasteiger partial charge on any atom is -0.378 e. The van der Waals surface area contributed by atoms with Gasteiger partial charge in [0.25, 0.3) is 5.91 Å². The van der Waals surface area contributed by atoms with E-state index in [1.807, 2.05) is 4.90 Å². The van der Waals surface area contributed by atoms with Crippen LogP contribution in [0, 0.1) is 0 Å². The number of rotatable bonds is 0. The van der Waals surface area contributed by atoms with Crippen molar-refractivity contribution in [3.05, 3.63) is 11.6 Å². The fraction of sp³-hybridized carbons (Fsp3) is 0.500. The molecule has 0 spiro atoms. The number of hydrogen-bond acceptors (Lipinski definition) is 5. The maximum atomic E-state index is 11.7. The molecule has 0 aromatic heterocycles. The topological polar surface area (TPSA) is 66.3 Å². The molecule has 0 aliphatic carbocycles. The van der Waals surface area contributed by atoms with E-state index < -0.39 is 0 Å². The zero-order valence-corrected chi connectivity index (χ0v) is 8.72. The van der Waals surface area contributed by atoms with Crippen LogP contribution in [0.4, 0.5) is 0 Å². The highest BCUT2D eigenvalue weighted by Crippen LogP contribution is 2.17. The molecule has 1 fully saturated rings. The number of nitrogens with one attached hydrogen (secondary N) is 1. The Labute approximate surface area is 92.7 Å². The average molecular weight is 220 g/mol. The fourth-order valence-corrected chi connectivity index (χ4v) is 1.92. The van der Waals surface area contributed by atoms with E-state index >= 15 is 0 Å². The van der Waals surface area contributed by atoms with E-state index in [0.717, 1.165) is 13.1 Å². The van der Waals surface area contributed by atoms with Gasteiger partial charge in [0.15, 0.2) is 6.17 Å². The third-order valence-electron chi connectivity index (χ3n) is 2.80. The third kappa shape index (κ3) is 1.51. The SMILES string of the molecule is O=C1NC(N2CCOCC2)=NC2N=CC=C12. The van der Waals surface area contributed by atoms with Gasteiger partial charge in [0.1, 0.15) is 0 Å². The van der Waals surface area contributed by atoms with Crippen LogP contribution in [0.1, 0.15) is 0 Å². The second-order valence-corrected chi connectivity index (χ2v) is 3.80. The van der Waals surface area contributed by atoms with E-state index in [1.54, 1.807) is 12.3 Å². The molecule has 3 aliphatic heterocycles. The highest BCUT2D eigenvalue weighted by atomic mass is 16.5. The van der Waals surface area contributed by atoms with Crippen molar-refractivity contribution < 1.29 is 9.53 Å². The number of carbonyl (C=O) groups excluding carboxylic acids is 1. The number of ether oxygens (including phenoxy) is 1. The van der Waals surface area contributed by atoms with Gasteiger partial charge in [-0.15, -0.1) is 0 Å². The summed E-state index contributed by atoms with van der Waals surface area (Å²) in [4.78, 5) is 22.3. The Balaban J connectivity index is 1.83. The van der Waals surface area contributed by atoms with E-state index in [1.165, 1.54) is 0 Å². The average Bonchev–Trinajstić information content (AvgIpc) is 2.79. The molecule has 3 rings (SSSR count). The Morgan fingerprint density at radius 1 is 1.44 bits per heavy atom. The van der Waals surface area contributed by atoms with Gasteiger partial charge in [-0.05, 0) is 6.08 Å². The molecule has 1 unspecified atom stereocenters. The van der Waals surface area contributed by atoms with Crippen LogP contribution in [0.25, 0.3) is 0 Å². The van der Waals surface area contributed by atoms with Gasteiger partial charge >= 0.3 is 0 Å². The Morgan fingerprint density at radius 2 is 2.25 bits per heavy atom. The predicted molar refractivity (Wildman–Crippen MR) is 58.3 cm³/mol. The molecule has 1 N–H and O–H groups in total. The monoisotopic (exact) mass is 220 g/mol. The van der Waals surface area contributed by atoms with Crippen molar-refractivity contribution >= 4 is 18.1 Å². The van der Waals surface area contributed by atoms with Crippen LogP contribution in [0.15, 0.2) is 21.6 Å². The first-order chi connectivity index (χ1) is 7.84. The number of hydrogen-bond donors (Lipinski definition) is 1. The van der Waals surface area contributed by atoms with Crippen LogP contribution < -0.4 is 5.32 Å². The number of amides is 1. The highest BCUT2D eigenvalue weighted by molar-refractivity contribution is 6.11. The van der Waals surface area contributed by atoms with Crippen molar-refractivity contribution in [2.75, 3.05) is 26.3 Å². The summed E-state index contributed by atoms with van der Waals surface area (Å²) in [7, 11) is 0. The number of nitrogens with zero attached hydrogens (tertiary/aromatic N) is 3. The standard InChI is InChI=1S/C10H12N4O2/c15-9-7-1-2-11-8(7)12-10(13-9)14-3-5-16-6-4-14/h1-2,8H,3-6H2,(H,12,13,15). The van der Waals surface area contributed by atoms with Gasteiger partial charge in [-0.2, -0.15) is 0 Å². The molecule has 84 valence electrons. The number of carbonyl (C=O) groups is 1. The van der Waals surface area contributed by atoms with Gasteiger partial charge in [0.05, 0.1) is 18.8 Å². The Hall–Kier alpha value is -1.69. The molecule has 16 heavy (non-hydrogen) atoms. The number of morpholine rings is 1. The van der Waals surface area contributed by atoms with Gasteiger partial charge in [0.2, 0.25) is 5.96 Å². The van der Waals surface area contributed by atoms with Gasteiger partial charge in [0, 0.05) is 19.3 Å². The van der Waals surface area contributed by atoms with Gasteiger partial charge in [-0.25, -0.2) is 4.99 Å². The second-order valence-electron chi connectivity index (χ2n) is 3.80. The lowest BCUT2D eigenvalue weighted by atomic mass is 10.2. The maximum Gasteiger partial charge on any atom is 0.258 e. The largest absolute Gasteiger partial charge is 0.378 e. The predicted octanol–water partition coefficient (Wildman–Crippen LogP) is -0.859. The van der Waals surface area contributed by atoms with Gasteiger partial charge in [-0.3, -0.25) is 15.1 Å². The first kappa shape index (κ1) is 9.53. The summed E-state index contributed by atoms with van der Waals surface area (Å²) in [6.07, 6.45) is 3.00.